The van der Waals surface area contributed by atoms with E-state index < -0.39 is 11.9 Å². The zero-order chi connectivity index (χ0) is 14.0. The van der Waals surface area contributed by atoms with E-state index in [2.05, 4.69) is 4.98 Å². The van der Waals surface area contributed by atoms with Crippen molar-refractivity contribution in [3.63, 3.8) is 0 Å². The zero-order valence-corrected chi connectivity index (χ0v) is 9.70. The molecule has 0 radical (unpaired) electrons. The van der Waals surface area contributed by atoms with Gasteiger partial charge in [-0.2, -0.15) is 0 Å². The van der Waals surface area contributed by atoms with Gasteiger partial charge < -0.3 is 15.9 Å². The molecule has 0 fully saturated rings. The van der Waals surface area contributed by atoms with Crippen molar-refractivity contribution in [3.8, 4) is 11.3 Å². The first-order valence-electron chi connectivity index (χ1n) is 5.31. The molecule has 0 unspecified atom stereocenters. The predicted octanol–water partition coefficient (Wildman–Crippen LogP) is 1.73. The van der Waals surface area contributed by atoms with Gasteiger partial charge in [0.25, 0.3) is 0 Å². The van der Waals surface area contributed by atoms with E-state index in [0.717, 1.165) is 0 Å². The standard InChI is InChI=1S/C13H10N2O4/c14-8-3-4-15-11(6-8)10-5-7(12(16)17)1-2-9(10)13(18)19/h1-6H,(H2,14,15)(H,16,17)(H,18,19). The number of nitrogens with zero attached hydrogens (tertiary/aromatic N) is 1. The van der Waals surface area contributed by atoms with Crippen molar-refractivity contribution in [1.29, 1.82) is 0 Å². The second-order valence-electron chi connectivity index (χ2n) is 3.85. The van der Waals surface area contributed by atoms with Crippen molar-refractivity contribution in [2.45, 2.75) is 0 Å². The quantitative estimate of drug-likeness (QED) is 0.772. The van der Waals surface area contributed by atoms with Crippen LogP contribution in [0.4, 0.5) is 5.69 Å². The van der Waals surface area contributed by atoms with Crippen LogP contribution in [-0.2, 0) is 0 Å². The summed E-state index contributed by atoms with van der Waals surface area (Å²) in [5, 5.41) is 18.1. The number of rotatable bonds is 3. The lowest BCUT2D eigenvalue weighted by molar-refractivity contribution is 0.0682. The van der Waals surface area contributed by atoms with Crippen LogP contribution in [0.1, 0.15) is 20.7 Å². The molecular weight excluding hydrogens is 248 g/mol. The van der Waals surface area contributed by atoms with Crippen LogP contribution in [0.5, 0.6) is 0 Å². The largest absolute Gasteiger partial charge is 0.478 e. The number of nitrogen functional groups attached to an aromatic ring is 1. The highest BCUT2D eigenvalue weighted by Crippen LogP contribution is 2.25. The van der Waals surface area contributed by atoms with Crippen molar-refractivity contribution in [2.24, 2.45) is 0 Å². The zero-order valence-electron chi connectivity index (χ0n) is 9.70. The van der Waals surface area contributed by atoms with Crippen LogP contribution < -0.4 is 5.73 Å². The van der Waals surface area contributed by atoms with Gasteiger partial charge in [-0.15, -0.1) is 0 Å². The summed E-state index contributed by atoms with van der Waals surface area (Å²) in [6.45, 7) is 0. The molecule has 1 heterocycles. The Kier molecular flexibility index (Phi) is 3.15. The van der Waals surface area contributed by atoms with Crippen LogP contribution in [0.3, 0.4) is 0 Å². The van der Waals surface area contributed by atoms with Gasteiger partial charge in [-0.25, -0.2) is 9.59 Å². The van der Waals surface area contributed by atoms with Gasteiger partial charge in [0.2, 0.25) is 0 Å². The smallest absolute Gasteiger partial charge is 0.336 e. The van der Waals surface area contributed by atoms with E-state index >= 15 is 0 Å². The molecule has 2 rings (SSSR count). The summed E-state index contributed by atoms with van der Waals surface area (Å²) in [6, 6.07) is 6.81. The van der Waals surface area contributed by atoms with Crippen LogP contribution >= 0.6 is 0 Å². The molecule has 0 aliphatic carbocycles. The summed E-state index contributed by atoms with van der Waals surface area (Å²) in [5.74, 6) is -2.29. The number of carboxylic acid groups (broad SMARTS) is 2. The molecule has 19 heavy (non-hydrogen) atoms. The fourth-order valence-electron chi connectivity index (χ4n) is 1.67. The Morgan fingerprint density at radius 1 is 1.05 bits per heavy atom. The SMILES string of the molecule is Nc1ccnc(-c2cc(C(=O)O)ccc2C(=O)O)c1. The van der Waals surface area contributed by atoms with Gasteiger partial charge in [0.15, 0.2) is 0 Å². The Morgan fingerprint density at radius 3 is 2.37 bits per heavy atom. The molecule has 0 aliphatic rings. The molecule has 6 nitrogen and oxygen atoms in total. The average Bonchev–Trinajstić information content (AvgIpc) is 2.37. The summed E-state index contributed by atoms with van der Waals surface area (Å²) in [5.41, 5.74) is 6.54. The number of hydrogen-bond donors (Lipinski definition) is 3. The number of benzene rings is 1. The molecule has 0 saturated heterocycles. The highest BCUT2D eigenvalue weighted by atomic mass is 16.4. The number of hydrogen-bond acceptors (Lipinski definition) is 4. The fraction of sp³-hybridized carbons (Fsp3) is 0. The number of aromatic nitrogens is 1. The van der Waals surface area contributed by atoms with E-state index in [4.69, 9.17) is 15.9 Å². The number of pyridine rings is 1. The molecule has 4 N–H and O–H groups in total. The Bertz CT molecular complexity index is 667. The van der Waals surface area contributed by atoms with Crippen LogP contribution in [0.2, 0.25) is 0 Å². The summed E-state index contributed by atoms with van der Waals surface area (Å²) in [7, 11) is 0. The third-order valence-electron chi connectivity index (χ3n) is 2.56. The lowest BCUT2D eigenvalue weighted by atomic mass is 10.0. The van der Waals surface area contributed by atoms with Crippen molar-refractivity contribution in [2.75, 3.05) is 5.73 Å². The monoisotopic (exact) mass is 258 g/mol. The van der Waals surface area contributed by atoms with Gasteiger partial charge >= 0.3 is 11.9 Å². The molecule has 0 saturated carbocycles. The number of carbonyl (C=O) groups is 2. The van der Waals surface area contributed by atoms with E-state index in [1.54, 1.807) is 6.07 Å². The normalized spacial score (nSPS) is 10.1. The second-order valence-corrected chi connectivity index (χ2v) is 3.85. The molecule has 1 aromatic heterocycles. The molecule has 96 valence electrons. The maximum absolute atomic E-state index is 11.2. The van der Waals surface area contributed by atoms with E-state index in [-0.39, 0.29) is 16.7 Å². The molecule has 6 heteroatoms. The first kappa shape index (κ1) is 12.6. The highest BCUT2D eigenvalue weighted by Gasteiger charge is 2.15. The van der Waals surface area contributed by atoms with Crippen molar-refractivity contribution in [3.05, 3.63) is 47.7 Å². The topological polar surface area (TPSA) is 114 Å². The van der Waals surface area contributed by atoms with E-state index in [9.17, 15) is 9.59 Å². The Balaban J connectivity index is 2.67. The molecule has 0 aliphatic heterocycles. The van der Waals surface area contributed by atoms with Crippen LogP contribution in [0.15, 0.2) is 36.5 Å². The maximum atomic E-state index is 11.2. The number of aromatic carboxylic acids is 2. The summed E-state index contributed by atoms with van der Waals surface area (Å²) in [6.07, 6.45) is 1.43. The van der Waals surface area contributed by atoms with Crippen molar-refractivity contribution < 1.29 is 19.8 Å². The van der Waals surface area contributed by atoms with Crippen LogP contribution in [-0.4, -0.2) is 27.1 Å². The third-order valence-corrected chi connectivity index (χ3v) is 2.56. The first-order chi connectivity index (χ1) is 8.99. The van der Waals surface area contributed by atoms with Gasteiger partial charge in [0.1, 0.15) is 0 Å². The summed E-state index contributed by atoms with van der Waals surface area (Å²) >= 11 is 0. The lowest BCUT2D eigenvalue weighted by Gasteiger charge is -2.07. The van der Waals surface area contributed by atoms with Gasteiger partial charge in [-0.1, -0.05) is 0 Å². The maximum Gasteiger partial charge on any atom is 0.336 e. The van der Waals surface area contributed by atoms with Gasteiger partial charge in [0.05, 0.1) is 16.8 Å². The van der Waals surface area contributed by atoms with Crippen LogP contribution in [0, 0.1) is 0 Å². The summed E-state index contributed by atoms with van der Waals surface area (Å²) < 4.78 is 0. The number of nitrogens with two attached hydrogens (primary N) is 1. The van der Waals surface area contributed by atoms with E-state index in [1.165, 1.54) is 30.5 Å². The van der Waals surface area contributed by atoms with Crippen LogP contribution in [0.25, 0.3) is 11.3 Å². The Labute approximate surface area is 108 Å². The third kappa shape index (κ3) is 2.52. The predicted molar refractivity (Wildman–Crippen MR) is 68.0 cm³/mol. The summed E-state index contributed by atoms with van der Waals surface area (Å²) in [4.78, 5) is 26.1. The first-order valence-corrected chi connectivity index (χ1v) is 5.31. The number of anilines is 1. The molecule has 1 aromatic carbocycles. The molecule has 0 atom stereocenters. The van der Waals surface area contributed by atoms with E-state index in [0.29, 0.717) is 11.4 Å². The minimum Gasteiger partial charge on any atom is -0.478 e. The van der Waals surface area contributed by atoms with E-state index in [1.807, 2.05) is 0 Å². The van der Waals surface area contributed by atoms with Gasteiger partial charge in [0, 0.05) is 17.4 Å². The van der Waals surface area contributed by atoms with Crippen molar-refractivity contribution >= 4 is 17.6 Å². The van der Waals surface area contributed by atoms with Crippen molar-refractivity contribution in [1.82, 2.24) is 4.98 Å². The molecule has 0 amide bonds. The Morgan fingerprint density at radius 2 is 1.79 bits per heavy atom. The second kappa shape index (κ2) is 4.77. The Hall–Kier alpha value is -2.89. The molecular formula is C13H10N2O4. The minimum atomic E-state index is -1.16. The molecule has 2 aromatic rings. The number of carboxylic acids is 2. The minimum absolute atomic E-state index is 0.00998. The van der Waals surface area contributed by atoms with Gasteiger partial charge in [-0.3, -0.25) is 4.98 Å². The lowest BCUT2D eigenvalue weighted by Crippen LogP contribution is -2.04. The highest BCUT2D eigenvalue weighted by molar-refractivity contribution is 5.98. The van der Waals surface area contributed by atoms with Gasteiger partial charge in [-0.05, 0) is 30.3 Å². The fourth-order valence-corrected chi connectivity index (χ4v) is 1.67. The average molecular weight is 258 g/mol. The molecule has 0 spiro atoms. The molecule has 0 bridgehead atoms.